The maximum Gasteiger partial charge on any atom is 0.230 e. The number of amidine groups is 1. The van der Waals surface area contributed by atoms with Gasteiger partial charge in [0, 0.05) is 0 Å². The Morgan fingerprint density at radius 3 is 2.22 bits per heavy atom. The molecule has 0 saturated heterocycles. The number of amides is 1. The highest BCUT2D eigenvalue weighted by molar-refractivity contribution is 8.14. The van der Waals surface area contributed by atoms with Gasteiger partial charge in [0.05, 0.1) is 5.25 Å². The summed E-state index contributed by atoms with van der Waals surface area (Å²) in [6.45, 7) is 1.61. The number of carbonyl (C=O) groups excluding carboxylic acids is 1. The lowest BCUT2D eigenvalue weighted by molar-refractivity contribution is -0.117. The fourth-order valence-electron chi connectivity index (χ4n) is 0.249. The monoisotopic (exact) mass is 147 g/mol. The first kappa shape index (κ1) is 8.29. The van der Waals surface area contributed by atoms with E-state index in [4.69, 9.17) is 16.9 Å². The fraction of sp³-hybridized carbons (Fsp3) is 0.500. The molecule has 0 fully saturated rings. The van der Waals surface area contributed by atoms with Crippen molar-refractivity contribution in [3.63, 3.8) is 0 Å². The smallest absolute Gasteiger partial charge is 0.230 e. The van der Waals surface area contributed by atoms with Crippen LogP contribution in [0.15, 0.2) is 0 Å². The maximum atomic E-state index is 10.3. The van der Waals surface area contributed by atoms with Gasteiger partial charge in [-0.3, -0.25) is 10.2 Å². The third-order valence-electron chi connectivity index (χ3n) is 0.704. The van der Waals surface area contributed by atoms with Crippen LogP contribution in [0.25, 0.3) is 0 Å². The first-order valence-electron chi connectivity index (χ1n) is 2.34. The van der Waals surface area contributed by atoms with Crippen molar-refractivity contribution < 1.29 is 4.79 Å². The van der Waals surface area contributed by atoms with Crippen LogP contribution in [0.4, 0.5) is 0 Å². The summed E-state index contributed by atoms with van der Waals surface area (Å²) in [4.78, 5) is 10.3. The van der Waals surface area contributed by atoms with Crippen LogP contribution in [0.3, 0.4) is 0 Å². The summed E-state index contributed by atoms with van der Waals surface area (Å²) in [6.07, 6.45) is 0. The first-order valence-corrected chi connectivity index (χ1v) is 3.22. The zero-order valence-electron chi connectivity index (χ0n) is 5.05. The number of hydrogen-bond donors (Lipinski definition) is 3. The third kappa shape index (κ3) is 3.84. The van der Waals surface area contributed by atoms with Gasteiger partial charge in [0.1, 0.15) is 0 Å². The molecule has 1 atom stereocenters. The van der Waals surface area contributed by atoms with Crippen LogP contribution in [0.1, 0.15) is 6.92 Å². The Morgan fingerprint density at radius 2 is 2.11 bits per heavy atom. The van der Waals surface area contributed by atoms with Crippen molar-refractivity contribution in [3.8, 4) is 0 Å². The SMILES string of the molecule is CC(SC(=N)N)C(N)=O. The third-order valence-corrected chi connectivity index (χ3v) is 1.54. The number of primary amides is 1. The van der Waals surface area contributed by atoms with E-state index in [1.807, 2.05) is 0 Å². The summed E-state index contributed by atoms with van der Waals surface area (Å²) in [5.41, 5.74) is 9.84. The number of hydrogen-bond acceptors (Lipinski definition) is 3. The van der Waals surface area contributed by atoms with Gasteiger partial charge in [0.15, 0.2) is 5.17 Å². The second-order valence-electron chi connectivity index (χ2n) is 1.53. The number of rotatable bonds is 2. The number of thioether (sulfide) groups is 1. The molecule has 5 heteroatoms. The van der Waals surface area contributed by atoms with Crippen molar-refractivity contribution in [2.24, 2.45) is 11.5 Å². The Balaban J connectivity index is 3.63. The van der Waals surface area contributed by atoms with Gasteiger partial charge in [0.25, 0.3) is 0 Å². The van der Waals surface area contributed by atoms with Crippen molar-refractivity contribution in [1.29, 1.82) is 5.41 Å². The summed E-state index contributed by atoms with van der Waals surface area (Å²) in [5.74, 6) is -0.449. The van der Waals surface area contributed by atoms with E-state index in [9.17, 15) is 4.79 Å². The highest BCUT2D eigenvalue weighted by atomic mass is 32.2. The van der Waals surface area contributed by atoms with E-state index in [-0.39, 0.29) is 5.17 Å². The molecule has 0 radical (unpaired) electrons. The van der Waals surface area contributed by atoms with E-state index in [1.54, 1.807) is 6.92 Å². The van der Waals surface area contributed by atoms with Gasteiger partial charge < -0.3 is 11.5 Å². The van der Waals surface area contributed by atoms with Crippen molar-refractivity contribution in [3.05, 3.63) is 0 Å². The van der Waals surface area contributed by atoms with Crippen LogP contribution in [0.5, 0.6) is 0 Å². The minimum absolute atomic E-state index is 0.0821. The normalized spacial score (nSPS) is 12.6. The second-order valence-corrected chi connectivity index (χ2v) is 2.91. The van der Waals surface area contributed by atoms with Crippen LogP contribution in [0, 0.1) is 5.41 Å². The first-order chi connectivity index (χ1) is 4.04. The van der Waals surface area contributed by atoms with E-state index < -0.39 is 11.2 Å². The molecule has 0 aliphatic rings. The average molecular weight is 147 g/mol. The predicted octanol–water partition coefficient (Wildman–Crippen LogP) is -0.513. The van der Waals surface area contributed by atoms with Crippen molar-refractivity contribution in [2.45, 2.75) is 12.2 Å². The summed E-state index contributed by atoms with van der Waals surface area (Å²) in [7, 11) is 0. The molecule has 5 N–H and O–H groups in total. The van der Waals surface area contributed by atoms with Gasteiger partial charge in [-0.05, 0) is 6.92 Å². The molecule has 0 aliphatic heterocycles. The molecule has 0 aromatic heterocycles. The quantitative estimate of drug-likeness (QED) is 0.362. The van der Waals surface area contributed by atoms with Crippen LogP contribution in [0.2, 0.25) is 0 Å². The highest BCUT2D eigenvalue weighted by Gasteiger charge is 2.09. The second kappa shape index (κ2) is 3.34. The largest absolute Gasteiger partial charge is 0.379 e. The molecular formula is C4H9N3OS. The minimum atomic E-state index is -0.449. The Hall–Kier alpha value is -0.710. The Kier molecular flexibility index (Phi) is 3.08. The highest BCUT2D eigenvalue weighted by Crippen LogP contribution is 2.06. The Bertz CT molecular complexity index is 136. The molecule has 0 heterocycles. The lowest BCUT2D eigenvalue weighted by Crippen LogP contribution is -2.25. The molecule has 0 aliphatic carbocycles. The standard InChI is InChI=1S/C4H9N3OS/c1-2(3(5)8)9-4(6)7/h2H,1H3,(H2,5,8)(H3,6,7). The number of carbonyl (C=O) groups is 1. The van der Waals surface area contributed by atoms with E-state index in [0.717, 1.165) is 11.8 Å². The van der Waals surface area contributed by atoms with Crippen LogP contribution in [-0.2, 0) is 4.79 Å². The van der Waals surface area contributed by atoms with Gasteiger partial charge in [-0.2, -0.15) is 0 Å². The Labute approximate surface area is 57.5 Å². The molecule has 0 aromatic carbocycles. The van der Waals surface area contributed by atoms with E-state index in [1.165, 1.54) is 0 Å². The maximum absolute atomic E-state index is 10.3. The molecule has 0 rings (SSSR count). The predicted molar refractivity (Wildman–Crippen MR) is 38.2 cm³/mol. The molecular weight excluding hydrogens is 138 g/mol. The minimum Gasteiger partial charge on any atom is -0.379 e. The zero-order valence-corrected chi connectivity index (χ0v) is 5.87. The fourth-order valence-corrected chi connectivity index (χ4v) is 0.746. The van der Waals surface area contributed by atoms with Gasteiger partial charge >= 0.3 is 0 Å². The number of nitrogens with two attached hydrogens (primary N) is 2. The van der Waals surface area contributed by atoms with Gasteiger partial charge in [-0.1, -0.05) is 11.8 Å². The summed E-state index contributed by atoms with van der Waals surface area (Å²) < 4.78 is 0. The van der Waals surface area contributed by atoms with Crippen LogP contribution < -0.4 is 11.5 Å². The molecule has 9 heavy (non-hydrogen) atoms. The summed E-state index contributed by atoms with van der Waals surface area (Å²) >= 11 is 0.949. The van der Waals surface area contributed by atoms with E-state index in [0.29, 0.717) is 0 Å². The molecule has 1 unspecified atom stereocenters. The summed E-state index contributed by atoms with van der Waals surface area (Å²) in [6, 6.07) is 0. The van der Waals surface area contributed by atoms with E-state index >= 15 is 0 Å². The van der Waals surface area contributed by atoms with Gasteiger partial charge in [-0.25, -0.2) is 0 Å². The number of nitrogens with one attached hydrogen (secondary N) is 1. The van der Waals surface area contributed by atoms with Gasteiger partial charge in [0.2, 0.25) is 5.91 Å². The molecule has 52 valence electrons. The lowest BCUT2D eigenvalue weighted by Gasteiger charge is -2.02. The van der Waals surface area contributed by atoms with Crippen molar-refractivity contribution >= 4 is 22.8 Å². The molecule has 4 nitrogen and oxygen atoms in total. The molecule has 0 bridgehead atoms. The Morgan fingerprint density at radius 1 is 1.67 bits per heavy atom. The van der Waals surface area contributed by atoms with Crippen molar-refractivity contribution in [1.82, 2.24) is 0 Å². The lowest BCUT2D eigenvalue weighted by atomic mass is 10.5. The van der Waals surface area contributed by atoms with Crippen molar-refractivity contribution in [2.75, 3.05) is 0 Å². The van der Waals surface area contributed by atoms with Gasteiger partial charge in [-0.15, -0.1) is 0 Å². The molecule has 0 saturated carbocycles. The topological polar surface area (TPSA) is 93.0 Å². The molecule has 1 amide bonds. The van der Waals surface area contributed by atoms with Crippen LogP contribution >= 0.6 is 11.8 Å². The average Bonchev–Trinajstić information content (AvgIpc) is 1.63. The molecule has 0 aromatic rings. The zero-order chi connectivity index (χ0) is 7.44. The molecule has 0 spiro atoms. The summed E-state index contributed by atoms with van der Waals surface area (Å²) in [5, 5.41) is 6.27. The van der Waals surface area contributed by atoms with E-state index in [2.05, 4.69) is 0 Å². The van der Waals surface area contributed by atoms with Crippen LogP contribution in [-0.4, -0.2) is 16.3 Å².